The molecule has 0 saturated carbocycles. The van der Waals surface area contributed by atoms with Crippen molar-refractivity contribution in [3.8, 4) is 0 Å². The van der Waals surface area contributed by atoms with Gasteiger partial charge in [0.2, 0.25) is 5.95 Å². The van der Waals surface area contributed by atoms with Crippen molar-refractivity contribution in [2.45, 2.75) is 13.5 Å². The molecular weight excluding hydrogens is 299 g/mol. The predicted molar refractivity (Wildman–Crippen MR) is 77.1 cm³/mol. The maximum Gasteiger partial charge on any atom is 0.252 e. The lowest BCUT2D eigenvalue weighted by atomic mass is 10.2. The molecule has 110 valence electrons. The van der Waals surface area contributed by atoms with Crippen LogP contribution in [0, 0.1) is 12.7 Å². The van der Waals surface area contributed by atoms with Gasteiger partial charge in [0.05, 0.1) is 0 Å². The molecule has 2 rings (SSSR count). The number of aromatic nitrogens is 2. The summed E-state index contributed by atoms with van der Waals surface area (Å²) in [5, 5.41) is 0.276. The van der Waals surface area contributed by atoms with Crippen molar-refractivity contribution < 1.29 is 9.23 Å². The van der Waals surface area contributed by atoms with Gasteiger partial charge in [-0.3, -0.25) is 20.1 Å². The second kappa shape index (κ2) is 6.96. The molecule has 0 aliphatic carbocycles. The molecule has 6 nitrogen and oxygen atoms in total. The molecule has 0 bridgehead atoms. The molecule has 21 heavy (non-hydrogen) atoms. The highest BCUT2D eigenvalue weighted by Crippen LogP contribution is 2.19. The molecule has 1 aromatic carbocycles. The number of aromatic amines is 1. The Morgan fingerprint density at radius 3 is 3.10 bits per heavy atom. The molecule has 0 spiro atoms. The largest absolute Gasteiger partial charge is 0.291 e. The number of benzene rings is 1. The molecule has 0 fully saturated rings. The fourth-order valence-electron chi connectivity index (χ4n) is 1.53. The summed E-state index contributed by atoms with van der Waals surface area (Å²) in [5.41, 5.74) is 2.88. The Bertz CT molecular complexity index is 697. The number of aliphatic imine (C=N–C) groups is 1. The van der Waals surface area contributed by atoms with Gasteiger partial charge >= 0.3 is 0 Å². The van der Waals surface area contributed by atoms with E-state index in [1.165, 1.54) is 24.5 Å². The summed E-state index contributed by atoms with van der Waals surface area (Å²) in [7, 11) is 0. The highest BCUT2D eigenvalue weighted by molar-refractivity contribution is 6.31. The van der Waals surface area contributed by atoms with Crippen molar-refractivity contribution in [3.63, 3.8) is 0 Å². The minimum absolute atomic E-state index is 0.0741. The number of halogens is 2. The van der Waals surface area contributed by atoms with Crippen LogP contribution in [0.25, 0.3) is 0 Å². The zero-order valence-electron chi connectivity index (χ0n) is 11.1. The van der Waals surface area contributed by atoms with Crippen molar-refractivity contribution in [3.05, 3.63) is 56.7 Å². The van der Waals surface area contributed by atoms with Crippen LogP contribution in [0.15, 0.2) is 34.1 Å². The summed E-state index contributed by atoms with van der Waals surface area (Å²) in [6.07, 6.45) is 1.19. The molecule has 1 aromatic heterocycles. The monoisotopic (exact) mass is 310 g/mol. The first-order valence-corrected chi connectivity index (χ1v) is 6.35. The van der Waals surface area contributed by atoms with E-state index in [1.807, 2.05) is 0 Å². The number of aryl methyl sites for hydroxylation is 1. The second-order valence-corrected chi connectivity index (χ2v) is 4.48. The van der Waals surface area contributed by atoms with Crippen LogP contribution in [0.4, 0.5) is 10.3 Å². The molecule has 0 aliphatic heterocycles. The van der Waals surface area contributed by atoms with E-state index in [4.69, 9.17) is 16.4 Å². The minimum atomic E-state index is -0.453. The first-order chi connectivity index (χ1) is 10.1. The lowest BCUT2D eigenvalue weighted by Gasteiger charge is -2.05. The van der Waals surface area contributed by atoms with Crippen LogP contribution in [0.2, 0.25) is 5.02 Å². The highest BCUT2D eigenvalue weighted by Gasteiger charge is 2.06. The van der Waals surface area contributed by atoms with E-state index in [0.29, 0.717) is 5.69 Å². The average molecular weight is 311 g/mol. The second-order valence-electron chi connectivity index (χ2n) is 4.08. The number of hydrogen-bond donors (Lipinski definition) is 2. The van der Waals surface area contributed by atoms with Gasteiger partial charge in [0.15, 0.2) is 0 Å². The lowest BCUT2D eigenvalue weighted by Crippen LogP contribution is -2.13. The minimum Gasteiger partial charge on any atom is -0.291 e. The van der Waals surface area contributed by atoms with Gasteiger partial charge < -0.3 is 0 Å². The topological polar surface area (TPSA) is 79.4 Å². The van der Waals surface area contributed by atoms with E-state index in [2.05, 4.69) is 20.4 Å². The Morgan fingerprint density at radius 1 is 1.57 bits per heavy atom. The van der Waals surface area contributed by atoms with Crippen LogP contribution in [0.3, 0.4) is 0 Å². The third kappa shape index (κ3) is 4.37. The van der Waals surface area contributed by atoms with Crippen LogP contribution in [0.1, 0.15) is 11.3 Å². The third-order valence-electron chi connectivity index (χ3n) is 2.46. The standard InChI is InChI=1S/C13H12ClFN4O2/c1-8-5-12(20)19-13(18-8)16-7-17-21-6-9-10(14)3-2-4-11(9)15/h2-5,7H,6H2,1H3,(H2,16,17,18,19,20). The molecule has 0 atom stereocenters. The van der Waals surface area contributed by atoms with E-state index >= 15 is 0 Å². The SMILES string of the molecule is Cc1cc(=O)[nH]c(N=CNOCc2c(F)cccc2Cl)n1. The van der Waals surface area contributed by atoms with Crippen LogP contribution in [0.5, 0.6) is 0 Å². The van der Waals surface area contributed by atoms with Gasteiger partial charge in [-0.25, -0.2) is 14.4 Å². The van der Waals surface area contributed by atoms with Crippen LogP contribution in [-0.4, -0.2) is 16.3 Å². The molecule has 0 saturated heterocycles. The number of H-pyrrole nitrogens is 1. The summed E-state index contributed by atoms with van der Waals surface area (Å²) in [6, 6.07) is 5.72. The van der Waals surface area contributed by atoms with Crippen LogP contribution >= 0.6 is 11.6 Å². The van der Waals surface area contributed by atoms with E-state index in [-0.39, 0.29) is 28.7 Å². The zero-order chi connectivity index (χ0) is 15.2. The summed E-state index contributed by atoms with van der Waals surface area (Å²) in [5.74, 6) is -0.314. The predicted octanol–water partition coefficient (Wildman–Crippen LogP) is 2.25. The maximum absolute atomic E-state index is 13.4. The average Bonchev–Trinajstić information content (AvgIpc) is 2.40. The molecule has 0 radical (unpaired) electrons. The number of rotatable bonds is 5. The van der Waals surface area contributed by atoms with Crippen LogP contribution < -0.4 is 11.0 Å². The zero-order valence-corrected chi connectivity index (χ0v) is 11.8. The van der Waals surface area contributed by atoms with E-state index in [1.54, 1.807) is 13.0 Å². The molecular formula is C13H12ClFN4O2. The van der Waals surface area contributed by atoms with Crippen LogP contribution in [-0.2, 0) is 11.4 Å². The highest BCUT2D eigenvalue weighted by atomic mass is 35.5. The van der Waals surface area contributed by atoms with Gasteiger partial charge in [0.25, 0.3) is 5.56 Å². The molecule has 2 aromatic rings. The molecule has 8 heteroatoms. The fourth-order valence-corrected chi connectivity index (χ4v) is 1.75. The third-order valence-corrected chi connectivity index (χ3v) is 2.81. The normalized spacial score (nSPS) is 11.0. The first kappa shape index (κ1) is 15.1. The van der Waals surface area contributed by atoms with Gasteiger partial charge in [-0.05, 0) is 19.1 Å². The van der Waals surface area contributed by atoms with Gasteiger partial charge in [-0.15, -0.1) is 0 Å². The lowest BCUT2D eigenvalue weighted by molar-refractivity contribution is 0.0726. The van der Waals surface area contributed by atoms with Crippen molar-refractivity contribution in [1.29, 1.82) is 0 Å². The molecule has 2 N–H and O–H groups in total. The summed E-state index contributed by atoms with van der Waals surface area (Å²) in [6.45, 7) is 1.60. The molecule has 0 unspecified atom stereocenters. The Hall–Kier alpha value is -2.25. The number of hydrogen-bond acceptors (Lipinski definition) is 4. The Morgan fingerprint density at radius 2 is 2.38 bits per heavy atom. The van der Waals surface area contributed by atoms with Gasteiger partial charge in [-0.1, -0.05) is 17.7 Å². The van der Waals surface area contributed by atoms with Crippen molar-refractivity contribution in [2.75, 3.05) is 0 Å². The van der Waals surface area contributed by atoms with Crippen molar-refractivity contribution in [2.24, 2.45) is 4.99 Å². The van der Waals surface area contributed by atoms with Gasteiger partial charge in [-0.2, -0.15) is 0 Å². The summed E-state index contributed by atoms with van der Waals surface area (Å²) >= 11 is 5.84. The molecule has 1 heterocycles. The fraction of sp³-hybridized carbons (Fsp3) is 0.154. The summed E-state index contributed by atoms with van der Waals surface area (Å²) < 4.78 is 13.4. The number of nitrogens with one attached hydrogen (secondary N) is 2. The Balaban J connectivity index is 1.90. The van der Waals surface area contributed by atoms with Gasteiger partial charge in [0, 0.05) is 22.3 Å². The smallest absolute Gasteiger partial charge is 0.252 e. The maximum atomic E-state index is 13.4. The van der Waals surface area contributed by atoms with E-state index in [9.17, 15) is 9.18 Å². The van der Waals surface area contributed by atoms with Crippen molar-refractivity contribution >= 4 is 23.9 Å². The summed E-state index contributed by atoms with van der Waals surface area (Å²) in [4.78, 5) is 26.5. The first-order valence-electron chi connectivity index (χ1n) is 5.97. The quantitative estimate of drug-likeness (QED) is 0.384. The number of nitrogens with zero attached hydrogens (tertiary/aromatic N) is 2. The van der Waals surface area contributed by atoms with Crippen molar-refractivity contribution in [1.82, 2.24) is 15.4 Å². The van der Waals surface area contributed by atoms with E-state index in [0.717, 1.165) is 0 Å². The Labute approximate surface area is 124 Å². The van der Waals surface area contributed by atoms with Gasteiger partial charge in [0.1, 0.15) is 18.8 Å². The molecule has 0 amide bonds. The van der Waals surface area contributed by atoms with E-state index < -0.39 is 5.82 Å². The molecule has 0 aliphatic rings. The number of hydroxylamine groups is 1. The Kier molecular flexibility index (Phi) is 5.02.